The molecule has 3 nitrogen and oxygen atoms in total. The van der Waals surface area contributed by atoms with Gasteiger partial charge in [0.2, 0.25) is 0 Å². The van der Waals surface area contributed by atoms with Crippen LogP contribution in [0.5, 0.6) is 0 Å². The van der Waals surface area contributed by atoms with Crippen molar-refractivity contribution in [1.82, 2.24) is 0 Å². The minimum absolute atomic E-state index is 0.572. The molecular weight excluding hydrogens is 282 g/mol. The number of nitrogen functional groups attached to an aromatic ring is 1. The van der Waals surface area contributed by atoms with Gasteiger partial charge in [0.25, 0.3) is 0 Å². The van der Waals surface area contributed by atoms with Gasteiger partial charge in [-0.15, -0.1) is 0 Å². The van der Waals surface area contributed by atoms with Gasteiger partial charge in [0.1, 0.15) is 0 Å². The molecule has 2 aromatic rings. The van der Waals surface area contributed by atoms with E-state index in [1.54, 1.807) is 12.1 Å². The first-order chi connectivity index (χ1) is 11.3. The summed E-state index contributed by atoms with van der Waals surface area (Å²) in [5.74, 6) is 0. The SMILES string of the molecule is N#Cc1ccc(C(=Nc2ccccc2)C2=CCCCC2)c(N)c1. The van der Waals surface area contributed by atoms with Gasteiger partial charge in [-0.05, 0) is 61.6 Å². The predicted octanol–water partition coefficient (Wildman–Crippen LogP) is 4.76. The fourth-order valence-corrected chi connectivity index (χ4v) is 2.84. The van der Waals surface area contributed by atoms with E-state index in [0.717, 1.165) is 29.8 Å². The van der Waals surface area contributed by atoms with Crippen LogP contribution in [-0.2, 0) is 0 Å². The van der Waals surface area contributed by atoms with Gasteiger partial charge in [-0.25, -0.2) is 4.99 Å². The maximum Gasteiger partial charge on any atom is 0.0992 e. The van der Waals surface area contributed by atoms with Crippen LogP contribution in [0.2, 0.25) is 0 Å². The molecule has 0 fully saturated rings. The third kappa shape index (κ3) is 3.49. The zero-order valence-corrected chi connectivity index (χ0v) is 13.0. The minimum Gasteiger partial charge on any atom is -0.398 e. The Labute approximate surface area is 136 Å². The van der Waals surface area contributed by atoms with Crippen LogP contribution in [0.4, 0.5) is 11.4 Å². The molecule has 0 spiro atoms. The average Bonchev–Trinajstić information content (AvgIpc) is 2.61. The Morgan fingerprint density at radius 3 is 2.57 bits per heavy atom. The maximum atomic E-state index is 9.03. The summed E-state index contributed by atoms with van der Waals surface area (Å²) in [7, 11) is 0. The first kappa shape index (κ1) is 15.1. The molecule has 0 atom stereocenters. The molecule has 0 bridgehead atoms. The zero-order chi connectivity index (χ0) is 16.1. The molecule has 0 heterocycles. The van der Waals surface area contributed by atoms with E-state index in [0.29, 0.717) is 11.3 Å². The number of nitrogens with two attached hydrogens (primary N) is 1. The number of para-hydroxylation sites is 1. The van der Waals surface area contributed by atoms with Gasteiger partial charge in [0.05, 0.1) is 23.0 Å². The quantitative estimate of drug-likeness (QED) is 0.656. The fraction of sp³-hybridized carbons (Fsp3) is 0.200. The van der Waals surface area contributed by atoms with E-state index in [9.17, 15) is 0 Å². The summed E-state index contributed by atoms with van der Waals surface area (Å²) < 4.78 is 0. The summed E-state index contributed by atoms with van der Waals surface area (Å²) in [6.07, 6.45) is 6.77. The number of nitrogens with zero attached hydrogens (tertiary/aromatic N) is 2. The molecule has 0 aliphatic heterocycles. The first-order valence-corrected chi connectivity index (χ1v) is 7.91. The van der Waals surface area contributed by atoms with Gasteiger partial charge in [-0.2, -0.15) is 5.26 Å². The van der Waals surface area contributed by atoms with Gasteiger partial charge >= 0.3 is 0 Å². The number of benzene rings is 2. The van der Waals surface area contributed by atoms with Crippen molar-refractivity contribution < 1.29 is 0 Å². The molecule has 0 saturated heterocycles. The average molecular weight is 301 g/mol. The molecule has 0 saturated carbocycles. The highest BCUT2D eigenvalue weighted by Crippen LogP contribution is 2.27. The Hall–Kier alpha value is -2.86. The van der Waals surface area contributed by atoms with Crippen molar-refractivity contribution >= 4 is 17.1 Å². The van der Waals surface area contributed by atoms with Crippen molar-refractivity contribution in [1.29, 1.82) is 5.26 Å². The monoisotopic (exact) mass is 301 g/mol. The molecule has 114 valence electrons. The fourth-order valence-electron chi connectivity index (χ4n) is 2.84. The third-order valence-corrected chi connectivity index (χ3v) is 4.03. The molecule has 0 radical (unpaired) electrons. The molecule has 3 heteroatoms. The van der Waals surface area contributed by atoms with E-state index in [2.05, 4.69) is 12.1 Å². The van der Waals surface area contributed by atoms with Gasteiger partial charge in [0, 0.05) is 11.3 Å². The lowest BCUT2D eigenvalue weighted by molar-refractivity contribution is 0.717. The Bertz CT molecular complexity index is 795. The number of nitriles is 1. The zero-order valence-electron chi connectivity index (χ0n) is 13.0. The number of aliphatic imine (C=N–C) groups is 1. The summed E-state index contributed by atoms with van der Waals surface area (Å²) in [6.45, 7) is 0. The molecule has 3 rings (SSSR count). The standard InChI is InChI=1S/C20H19N3/c21-14-15-11-12-18(19(22)13-15)20(16-7-3-1-4-8-16)23-17-9-5-2-6-10-17/h2,5-7,9-13H,1,3-4,8,22H2. The van der Waals surface area contributed by atoms with Crippen molar-refractivity contribution in [3.8, 4) is 6.07 Å². The van der Waals surface area contributed by atoms with Crippen molar-refractivity contribution in [2.75, 3.05) is 5.73 Å². The van der Waals surface area contributed by atoms with Crippen LogP contribution in [0, 0.1) is 11.3 Å². The summed E-state index contributed by atoms with van der Waals surface area (Å²) in [6, 6.07) is 17.5. The largest absolute Gasteiger partial charge is 0.398 e. The summed E-state index contributed by atoms with van der Waals surface area (Å²) in [5, 5.41) is 9.03. The van der Waals surface area contributed by atoms with Gasteiger partial charge < -0.3 is 5.73 Å². The molecule has 0 unspecified atom stereocenters. The second kappa shape index (κ2) is 6.93. The Kier molecular flexibility index (Phi) is 4.54. The Morgan fingerprint density at radius 2 is 1.91 bits per heavy atom. The number of anilines is 1. The van der Waals surface area contributed by atoms with E-state index >= 15 is 0 Å². The smallest absolute Gasteiger partial charge is 0.0992 e. The van der Waals surface area contributed by atoms with Crippen molar-refractivity contribution in [2.24, 2.45) is 4.99 Å². The molecule has 0 amide bonds. The van der Waals surface area contributed by atoms with E-state index in [-0.39, 0.29) is 0 Å². The predicted molar refractivity (Wildman–Crippen MR) is 94.8 cm³/mol. The molecule has 23 heavy (non-hydrogen) atoms. The van der Waals surface area contributed by atoms with Crippen LogP contribution in [0.1, 0.15) is 36.8 Å². The van der Waals surface area contributed by atoms with Crippen LogP contribution in [0.3, 0.4) is 0 Å². The maximum absolute atomic E-state index is 9.03. The summed E-state index contributed by atoms with van der Waals surface area (Å²) in [5.41, 5.74) is 11.4. The van der Waals surface area contributed by atoms with Gasteiger partial charge in [-0.1, -0.05) is 24.3 Å². The molecular formula is C20H19N3. The third-order valence-electron chi connectivity index (χ3n) is 4.03. The molecule has 1 aliphatic rings. The molecule has 2 aromatic carbocycles. The van der Waals surface area contributed by atoms with E-state index in [4.69, 9.17) is 16.0 Å². The van der Waals surface area contributed by atoms with Crippen molar-refractivity contribution in [2.45, 2.75) is 25.7 Å². The van der Waals surface area contributed by atoms with Crippen LogP contribution in [0.25, 0.3) is 0 Å². The Morgan fingerprint density at radius 1 is 1.09 bits per heavy atom. The van der Waals surface area contributed by atoms with Crippen molar-refractivity contribution in [3.05, 3.63) is 71.3 Å². The Balaban J connectivity index is 2.11. The number of rotatable bonds is 3. The lowest BCUT2D eigenvalue weighted by atomic mass is 9.91. The lowest BCUT2D eigenvalue weighted by Crippen LogP contribution is -2.10. The number of hydrogen-bond acceptors (Lipinski definition) is 3. The van der Waals surface area contributed by atoms with E-state index in [1.807, 2.05) is 36.4 Å². The molecule has 2 N–H and O–H groups in total. The molecule has 0 aromatic heterocycles. The van der Waals surface area contributed by atoms with E-state index < -0.39 is 0 Å². The normalized spacial score (nSPS) is 14.9. The number of hydrogen-bond donors (Lipinski definition) is 1. The summed E-state index contributed by atoms with van der Waals surface area (Å²) >= 11 is 0. The highest BCUT2D eigenvalue weighted by atomic mass is 14.8. The van der Waals surface area contributed by atoms with Crippen molar-refractivity contribution in [3.63, 3.8) is 0 Å². The van der Waals surface area contributed by atoms with Crippen LogP contribution in [0.15, 0.2) is 65.2 Å². The highest BCUT2D eigenvalue weighted by molar-refractivity contribution is 6.16. The lowest BCUT2D eigenvalue weighted by Gasteiger charge is -2.17. The van der Waals surface area contributed by atoms with E-state index in [1.165, 1.54) is 18.4 Å². The second-order valence-corrected chi connectivity index (χ2v) is 5.68. The van der Waals surface area contributed by atoms with Gasteiger partial charge in [0.15, 0.2) is 0 Å². The highest BCUT2D eigenvalue weighted by Gasteiger charge is 2.15. The summed E-state index contributed by atoms with van der Waals surface area (Å²) in [4.78, 5) is 4.85. The van der Waals surface area contributed by atoms with Crippen LogP contribution < -0.4 is 5.73 Å². The molecule has 1 aliphatic carbocycles. The topological polar surface area (TPSA) is 62.2 Å². The number of allylic oxidation sites excluding steroid dienone is 2. The van der Waals surface area contributed by atoms with Crippen LogP contribution in [-0.4, -0.2) is 5.71 Å². The second-order valence-electron chi connectivity index (χ2n) is 5.68. The minimum atomic E-state index is 0.572. The van der Waals surface area contributed by atoms with Crippen LogP contribution >= 0.6 is 0 Å². The van der Waals surface area contributed by atoms with Gasteiger partial charge in [-0.3, -0.25) is 0 Å². The first-order valence-electron chi connectivity index (χ1n) is 7.91.